The van der Waals surface area contributed by atoms with E-state index in [4.69, 9.17) is 39.6 Å². The van der Waals surface area contributed by atoms with Crippen molar-refractivity contribution in [2.75, 3.05) is 13.7 Å². The molecule has 0 aliphatic carbocycles. The van der Waals surface area contributed by atoms with Crippen LogP contribution in [0.5, 0.6) is 0 Å². The first-order chi connectivity index (χ1) is 19.1. The van der Waals surface area contributed by atoms with Gasteiger partial charge in [-0.25, -0.2) is 4.79 Å². The minimum absolute atomic E-state index is 0.281. The molecule has 2 aliphatic rings. The average Bonchev–Trinajstić information content (AvgIpc) is 2.96. The summed E-state index contributed by atoms with van der Waals surface area (Å²) in [6.07, 6.45) is 5.47. The third-order valence-electron chi connectivity index (χ3n) is 6.67. The molecule has 0 N–H and O–H groups in total. The Kier molecular flexibility index (Phi) is 11.0. The van der Waals surface area contributed by atoms with Crippen molar-refractivity contribution in [1.29, 1.82) is 0 Å². The van der Waals surface area contributed by atoms with Gasteiger partial charge in [-0.2, -0.15) is 0 Å². The highest BCUT2D eigenvalue weighted by atomic mass is 16.7. The smallest absolute Gasteiger partial charge is 0.333 e. The lowest BCUT2D eigenvalue weighted by Gasteiger charge is -2.50. The summed E-state index contributed by atoms with van der Waals surface area (Å²) in [6.45, 7) is 2.74. The van der Waals surface area contributed by atoms with Gasteiger partial charge >= 0.3 is 5.97 Å². The van der Waals surface area contributed by atoms with Crippen molar-refractivity contribution in [3.63, 3.8) is 0 Å². The molecule has 8 nitrogen and oxygen atoms in total. The van der Waals surface area contributed by atoms with Crippen LogP contribution in [0.2, 0.25) is 0 Å². The fraction of sp³-hybridized carbons (Fsp3) is 0.452. The second kappa shape index (κ2) is 14.8. The van der Waals surface area contributed by atoms with Crippen molar-refractivity contribution >= 4 is 5.97 Å². The molecule has 0 unspecified atom stereocenters. The predicted octanol–water partition coefficient (Wildman–Crippen LogP) is 4.17. The monoisotopic (exact) mass is 536 g/mol. The van der Waals surface area contributed by atoms with Crippen molar-refractivity contribution in [1.82, 2.24) is 0 Å². The van der Waals surface area contributed by atoms with E-state index >= 15 is 0 Å². The Hall–Kier alpha value is -3.19. The van der Waals surface area contributed by atoms with Gasteiger partial charge in [-0.3, -0.25) is 0 Å². The summed E-state index contributed by atoms with van der Waals surface area (Å²) in [5.74, 6) is 2.19. The van der Waals surface area contributed by atoms with Crippen LogP contribution in [0, 0.1) is 12.3 Å². The molecule has 208 valence electrons. The maximum absolute atomic E-state index is 11.7. The Morgan fingerprint density at radius 2 is 1.64 bits per heavy atom. The lowest BCUT2D eigenvalue weighted by molar-refractivity contribution is -0.340. The van der Waals surface area contributed by atoms with E-state index in [1.807, 2.05) is 60.7 Å². The molecule has 0 saturated carbocycles. The number of benzene rings is 2. The van der Waals surface area contributed by atoms with Gasteiger partial charge in [0.25, 0.3) is 0 Å². The van der Waals surface area contributed by atoms with Crippen LogP contribution in [0.4, 0.5) is 0 Å². The molecule has 2 aromatic carbocycles. The normalized spacial score (nSPS) is 28.4. The van der Waals surface area contributed by atoms with E-state index in [2.05, 4.69) is 5.92 Å². The van der Waals surface area contributed by atoms with E-state index in [-0.39, 0.29) is 6.61 Å². The zero-order valence-corrected chi connectivity index (χ0v) is 22.3. The minimum Gasteiger partial charge on any atom is -0.495 e. The van der Waals surface area contributed by atoms with Crippen LogP contribution >= 0.6 is 0 Å². The second-order valence-corrected chi connectivity index (χ2v) is 9.31. The zero-order chi connectivity index (χ0) is 27.5. The van der Waals surface area contributed by atoms with Crippen LogP contribution in [-0.4, -0.2) is 62.6 Å². The van der Waals surface area contributed by atoms with Gasteiger partial charge in [-0.15, -0.1) is 12.3 Å². The molecule has 2 heterocycles. The van der Waals surface area contributed by atoms with Crippen LogP contribution in [0.1, 0.15) is 30.9 Å². The average molecular weight is 537 g/mol. The molecule has 2 saturated heterocycles. The summed E-state index contributed by atoms with van der Waals surface area (Å²) in [4.78, 5) is 11.7. The van der Waals surface area contributed by atoms with E-state index in [1.165, 1.54) is 12.3 Å². The Balaban J connectivity index is 1.54. The van der Waals surface area contributed by atoms with E-state index in [0.717, 1.165) is 11.1 Å². The van der Waals surface area contributed by atoms with Crippen molar-refractivity contribution in [2.24, 2.45) is 0 Å². The third-order valence-corrected chi connectivity index (χ3v) is 6.67. The summed E-state index contributed by atoms with van der Waals surface area (Å²) in [6, 6.07) is 19.8. The fourth-order valence-electron chi connectivity index (χ4n) is 4.82. The number of terminal acetylenes is 1. The molecule has 0 amide bonds. The minimum atomic E-state index is -0.695. The summed E-state index contributed by atoms with van der Waals surface area (Å²) >= 11 is 0. The maximum atomic E-state index is 11.7. The Morgan fingerprint density at radius 3 is 2.23 bits per heavy atom. The number of methoxy groups -OCH3 is 1. The van der Waals surface area contributed by atoms with Crippen molar-refractivity contribution in [2.45, 2.75) is 75.9 Å². The summed E-state index contributed by atoms with van der Waals surface area (Å²) in [7, 11) is 1.58. The maximum Gasteiger partial charge on any atom is 0.333 e. The van der Waals surface area contributed by atoms with Crippen molar-refractivity contribution < 1.29 is 38.0 Å². The first kappa shape index (κ1) is 28.8. The number of fused-ring (bicyclic) bond motifs is 1. The van der Waals surface area contributed by atoms with Crippen LogP contribution in [-0.2, 0) is 51.2 Å². The molecule has 0 aromatic heterocycles. The number of hydrogen-bond acceptors (Lipinski definition) is 8. The SMILES string of the molecule is C#CC[C@H]1O[C@H]2[C@H](OCc3ccccc3)[C@@H](OCc3ccccc3)[C@@H](OC)O[C@@H]2C[C@@H]1O/C=C/C(=O)OCC. The summed E-state index contributed by atoms with van der Waals surface area (Å²) in [5, 5.41) is 0. The number of esters is 1. The highest BCUT2D eigenvalue weighted by Crippen LogP contribution is 2.37. The number of rotatable bonds is 12. The first-order valence-corrected chi connectivity index (χ1v) is 13.2. The number of carbonyl (C=O) groups is 1. The van der Waals surface area contributed by atoms with Gasteiger partial charge in [-0.1, -0.05) is 60.7 Å². The number of hydrogen-bond donors (Lipinski definition) is 0. The van der Waals surface area contributed by atoms with Gasteiger partial charge < -0.3 is 33.2 Å². The van der Waals surface area contributed by atoms with E-state index < -0.39 is 48.9 Å². The van der Waals surface area contributed by atoms with Gasteiger partial charge in [0.2, 0.25) is 0 Å². The molecule has 4 rings (SSSR count). The Labute approximate surface area is 230 Å². The van der Waals surface area contributed by atoms with Crippen LogP contribution in [0.25, 0.3) is 0 Å². The van der Waals surface area contributed by atoms with Gasteiger partial charge in [0.05, 0.1) is 38.3 Å². The quantitative estimate of drug-likeness (QED) is 0.173. The standard InChI is InChI=1S/C31H36O8/c1-4-12-24-25(35-18-17-27(32)34-5-2)19-26-28(38-24)29(36-20-22-13-8-6-9-14-22)30(31(33-3)39-26)37-21-23-15-10-7-11-16-23/h1,6-11,13-18,24-26,28-31H,5,12,19-21H2,2-3H3/b18-17+/t24-,25+,26-,28-,29+,30-,31+/m1/s1. The summed E-state index contributed by atoms with van der Waals surface area (Å²) in [5.41, 5.74) is 2.05. The van der Waals surface area contributed by atoms with Crippen LogP contribution in [0.3, 0.4) is 0 Å². The summed E-state index contributed by atoms with van der Waals surface area (Å²) < 4.78 is 42.3. The van der Waals surface area contributed by atoms with Crippen molar-refractivity contribution in [3.8, 4) is 12.3 Å². The molecular formula is C31H36O8. The van der Waals surface area contributed by atoms with Crippen molar-refractivity contribution in [3.05, 3.63) is 84.1 Å². The molecule has 8 heteroatoms. The zero-order valence-electron chi connectivity index (χ0n) is 22.3. The molecule has 7 atom stereocenters. The highest BCUT2D eigenvalue weighted by molar-refractivity contribution is 5.81. The number of carbonyl (C=O) groups excluding carboxylic acids is 1. The third kappa shape index (κ3) is 7.91. The van der Waals surface area contributed by atoms with E-state index in [9.17, 15) is 4.79 Å². The van der Waals surface area contributed by atoms with Gasteiger partial charge in [0, 0.05) is 20.0 Å². The van der Waals surface area contributed by atoms with E-state index in [0.29, 0.717) is 26.1 Å². The molecule has 0 spiro atoms. The molecule has 2 aliphatic heterocycles. The predicted molar refractivity (Wildman–Crippen MR) is 143 cm³/mol. The molecule has 2 aromatic rings. The van der Waals surface area contributed by atoms with Gasteiger partial charge in [-0.05, 0) is 18.1 Å². The fourth-order valence-corrected chi connectivity index (χ4v) is 4.82. The first-order valence-electron chi connectivity index (χ1n) is 13.2. The van der Waals surface area contributed by atoms with Gasteiger partial charge in [0.1, 0.15) is 30.5 Å². The molecule has 0 bridgehead atoms. The molecule has 39 heavy (non-hydrogen) atoms. The second-order valence-electron chi connectivity index (χ2n) is 9.31. The van der Waals surface area contributed by atoms with Gasteiger partial charge in [0.15, 0.2) is 6.29 Å². The Bertz CT molecular complexity index is 1080. The number of ether oxygens (including phenoxy) is 7. The lowest BCUT2D eigenvalue weighted by Crippen LogP contribution is -2.64. The molecular weight excluding hydrogens is 500 g/mol. The highest BCUT2D eigenvalue weighted by Gasteiger charge is 2.53. The topological polar surface area (TPSA) is 81.7 Å². The largest absolute Gasteiger partial charge is 0.495 e. The van der Waals surface area contributed by atoms with Crippen LogP contribution < -0.4 is 0 Å². The van der Waals surface area contributed by atoms with Crippen LogP contribution in [0.15, 0.2) is 73.0 Å². The Morgan fingerprint density at radius 1 is 1.00 bits per heavy atom. The molecule has 0 radical (unpaired) electrons. The lowest BCUT2D eigenvalue weighted by atomic mass is 9.89. The molecule has 2 fully saturated rings. The van der Waals surface area contributed by atoms with E-state index in [1.54, 1.807) is 14.0 Å².